The monoisotopic (exact) mass is 452 g/mol. The standard InChI is InChI=1S/C20H20ClF3N6O/c1-3-15(12-26-18-7-4-13(11-25-18)20(22,23)24)29(2)19(31)16-10-14(21)5-6-17(16)30-27-8-9-28-30/h4-11,15H,3,12H2,1-2H3,(H,25,26)/t15-/m0/s1. The van der Waals surface area contributed by atoms with Crippen molar-refractivity contribution < 1.29 is 18.0 Å². The van der Waals surface area contributed by atoms with Crippen molar-refractivity contribution in [3.8, 4) is 5.69 Å². The van der Waals surface area contributed by atoms with Crippen molar-refractivity contribution in [2.75, 3.05) is 18.9 Å². The van der Waals surface area contributed by atoms with Gasteiger partial charge in [-0.15, -0.1) is 0 Å². The molecular formula is C20H20ClF3N6O. The molecule has 1 aromatic carbocycles. The summed E-state index contributed by atoms with van der Waals surface area (Å²) >= 11 is 6.10. The molecule has 0 saturated heterocycles. The first kappa shape index (κ1) is 22.5. The minimum Gasteiger partial charge on any atom is -0.368 e. The number of benzene rings is 1. The third-order valence-electron chi connectivity index (χ3n) is 4.77. The summed E-state index contributed by atoms with van der Waals surface area (Å²) in [6.45, 7) is 2.21. The van der Waals surface area contributed by atoms with Gasteiger partial charge in [0.15, 0.2) is 0 Å². The predicted octanol–water partition coefficient (Wildman–Crippen LogP) is 4.30. The van der Waals surface area contributed by atoms with E-state index in [2.05, 4.69) is 20.5 Å². The van der Waals surface area contributed by atoms with Crippen LogP contribution in [0.15, 0.2) is 48.9 Å². The molecule has 11 heteroatoms. The Labute approximate surface area is 181 Å². The van der Waals surface area contributed by atoms with Crippen LogP contribution >= 0.6 is 11.6 Å². The molecule has 0 bridgehead atoms. The van der Waals surface area contributed by atoms with E-state index in [-0.39, 0.29) is 17.8 Å². The van der Waals surface area contributed by atoms with Crippen LogP contribution in [0.1, 0.15) is 29.3 Å². The van der Waals surface area contributed by atoms with Gasteiger partial charge >= 0.3 is 6.18 Å². The molecule has 1 amide bonds. The summed E-state index contributed by atoms with van der Waals surface area (Å²) in [4.78, 5) is 19.9. The zero-order chi connectivity index (χ0) is 22.6. The van der Waals surface area contributed by atoms with Gasteiger partial charge in [0, 0.05) is 30.9 Å². The van der Waals surface area contributed by atoms with Crippen LogP contribution in [0.25, 0.3) is 5.69 Å². The number of nitrogens with one attached hydrogen (secondary N) is 1. The summed E-state index contributed by atoms with van der Waals surface area (Å²) in [7, 11) is 1.65. The van der Waals surface area contributed by atoms with Crippen LogP contribution < -0.4 is 5.32 Å². The molecule has 0 aliphatic rings. The predicted molar refractivity (Wildman–Crippen MR) is 110 cm³/mol. The second kappa shape index (κ2) is 9.34. The van der Waals surface area contributed by atoms with Crippen LogP contribution in [0, 0.1) is 0 Å². The fourth-order valence-electron chi connectivity index (χ4n) is 2.99. The maximum absolute atomic E-state index is 13.2. The normalized spacial score (nSPS) is 12.5. The molecular weight excluding hydrogens is 433 g/mol. The Kier molecular flexibility index (Phi) is 6.79. The number of anilines is 1. The van der Waals surface area contributed by atoms with E-state index in [1.54, 1.807) is 30.1 Å². The smallest absolute Gasteiger partial charge is 0.368 e. The molecule has 0 aliphatic carbocycles. The Hall–Kier alpha value is -3.14. The van der Waals surface area contributed by atoms with Gasteiger partial charge in [-0.25, -0.2) is 4.98 Å². The van der Waals surface area contributed by atoms with Crippen LogP contribution in [0.4, 0.5) is 19.0 Å². The Morgan fingerprint density at radius 3 is 2.52 bits per heavy atom. The van der Waals surface area contributed by atoms with Gasteiger partial charge in [-0.05, 0) is 36.8 Å². The SMILES string of the molecule is CC[C@@H](CNc1ccc(C(F)(F)F)cn1)N(C)C(=O)c1cc(Cl)ccc1-n1nccn1. The number of likely N-dealkylation sites (N-methyl/N-ethyl adjacent to an activating group) is 1. The molecule has 0 spiro atoms. The maximum Gasteiger partial charge on any atom is 0.417 e. The number of carbonyl (C=O) groups excluding carboxylic acids is 1. The van der Waals surface area contributed by atoms with E-state index in [4.69, 9.17) is 11.6 Å². The van der Waals surface area contributed by atoms with E-state index in [9.17, 15) is 18.0 Å². The van der Waals surface area contributed by atoms with Gasteiger partial charge in [-0.1, -0.05) is 18.5 Å². The number of hydrogen-bond acceptors (Lipinski definition) is 5. The number of hydrogen-bond donors (Lipinski definition) is 1. The van der Waals surface area contributed by atoms with Gasteiger partial charge in [0.05, 0.1) is 29.2 Å². The number of halogens is 4. The molecule has 0 unspecified atom stereocenters. The maximum atomic E-state index is 13.2. The largest absolute Gasteiger partial charge is 0.417 e. The van der Waals surface area contributed by atoms with Gasteiger partial charge in [0.25, 0.3) is 5.91 Å². The summed E-state index contributed by atoms with van der Waals surface area (Å²) in [6.07, 6.45) is -0.0632. The van der Waals surface area contributed by atoms with Crippen molar-refractivity contribution >= 4 is 23.3 Å². The Balaban J connectivity index is 1.74. The Morgan fingerprint density at radius 2 is 1.94 bits per heavy atom. The summed E-state index contributed by atoms with van der Waals surface area (Å²) in [5.41, 5.74) is -0.00567. The number of aromatic nitrogens is 4. The highest BCUT2D eigenvalue weighted by Crippen LogP contribution is 2.29. The van der Waals surface area contributed by atoms with E-state index < -0.39 is 11.7 Å². The molecule has 2 heterocycles. The molecule has 7 nitrogen and oxygen atoms in total. The highest BCUT2D eigenvalue weighted by molar-refractivity contribution is 6.31. The number of pyridine rings is 1. The molecule has 31 heavy (non-hydrogen) atoms. The molecule has 1 atom stereocenters. The fourth-order valence-corrected chi connectivity index (χ4v) is 3.17. The highest BCUT2D eigenvalue weighted by Gasteiger charge is 2.30. The van der Waals surface area contributed by atoms with Gasteiger partial charge in [0.2, 0.25) is 0 Å². The first-order chi connectivity index (χ1) is 14.7. The molecule has 164 valence electrons. The molecule has 0 saturated carbocycles. The average molecular weight is 453 g/mol. The van der Waals surface area contributed by atoms with Gasteiger partial charge < -0.3 is 10.2 Å². The van der Waals surface area contributed by atoms with Crippen molar-refractivity contribution in [1.82, 2.24) is 24.9 Å². The zero-order valence-electron chi connectivity index (χ0n) is 16.8. The summed E-state index contributed by atoms with van der Waals surface area (Å²) in [6, 6.07) is 6.82. The molecule has 0 aliphatic heterocycles. The van der Waals surface area contributed by atoms with E-state index >= 15 is 0 Å². The van der Waals surface area contributed by atoms with Crippen LogP contribution in [0.2, 0.25) is 5.02 Å². The minimum absolute atomic E-state index is 0.256. The number of rotatable bonds is 7. The van der Waals surface area contributed by atoms with Gasteiger partial charge in [-0.3, -0.25) is 4.79 Å². The number of amides is 1. The lowest BCUT2D eigenvalue weighted by atomic mass is 10.1. The lowest BCUT2D eigenvalue weighted by Crippen LogP contribution is -2.41. The van der Waals surface area contributed by atoms with Gasteiger partial charge in [0.1, 0.15) is 5.82 Å². The van der Waals surface area contributed by atoms with E-state index in [1.165, 1.54) is 23.3 Å². The second-order valence-corrected chi connectivity index (χ2v) is 7.21. The lowest BCUT2D eigenvalue weighted by Gasteiger charge is -2.28. The second-order valence-electron chi connectivity index (χ2n) is 6.77. The molecule has 3 aromatic rings. The molecule has 3 rings (SSSR count). The topological polar surface area (TPSA) is 75.9 Å². The minimum atomic E-state index is -4.44. The van der Waals surface area contributed by atoms with Crippen molar-refractivity contribution in [1.29, 1.82) is 0 Å². The quantitative estimate of drug-likeness (QED) is 0.578. The average Bonchev–Trinajstić information content (AvgIpc) is 3.27. The highest BCUT2D eigenvalue weighted by atomic mass is 35.5. The number of nitrogens with zero attached hydrogens (tertiary/aromatic N) is 5. The van der Waals surface area contributed by atoms with Crippen LogP contribution in [0.3, 0.4) is 0 Å². The first-order valence-electron chi connectivity index (χ1n) is 9.41. The van der Waals surface area contributed by atoms with E-state index in [1.807, 2.05) is 6.92 Å². The van der Waals surface area contributed by atoms with Crippen LogP contribution in [-0.2, 0) is 6.18 Å². The van der Waals surface area contributed by atoms with E-state index in [0.29, 0.717) is 29.2 Å². The third kappa shape index (κ3) is 5.32. The first-order valence-corrected chi connectivity index (χ1v) is 9.79. The molecule has 1 N–H and O–H groups in total. The lowest BCUT2D eigenvalue weighted by molar-refractivity contribution is -0.137. The number of alkyl halides is 3. The zero-order valence-corrected chi connectivity index (χ0v) is 17.5. The van der Waals surface area contributed by atoms with Crippen molar-refractivity contribution in [2.24, 2.45) is 0 Å². The Bertz CT molecular complexity index is 1020. The summed E-state index contributed by atoms with van der Waals surface area (Å²) in [5.74, 6) is 0.000290. The Morgan fingerprint density at radius 1 is 1.23 bits per heavy atom. The van der Waals surface area contributed by atoms with E-state index in [0.717, 1.165) is 12.3 Å². The molecule has 2 aromatic heterocycles. The summed E-state index contributed by atoms with van der Waals surface area (Å²) in [5, 5.41) is 11.5. The number of carbonyl (C=O) groups is 1. The van der Waals surface area contributed by atoms with Crippen LogP contribution in [-0.4, -0.2) is 50.4 Å². The third-order valence-corrected chi connectivity index (χ3v) is 5.01. The fraction of sp³-hybridized carbons (Fsp3) is 0.300. The van der Waals surface area contributed by atoms with Gasteiger partial charge in [-0.2, -0.15) is 28.2 Å². The van der Waals surface area contributed by atoms with Crippen LogP contribution in [0.5, 0.6) is 0 Å². The van der Waals surface area contributed by atoms with Crippen molar-refractivity contribution in [3.63, 3.8) is 0 Å². The summed E-state index contributed by atoms with van der Waals surface area (Å²) < 4.78 is 38.0. The van der Waals surface area contributed by atoms with Crippen molar-refractivity contribution in [3.05, 3.63) is 65.1 Å². The molecule has 0 fully saturated rings. The molecule has 0 radical (unpaired) electrons. The van der Waals surface area contributed by atoms with Crippen molar-refractivity contribution in [2.45, 2.75) is 25.6 Å².